The predicted octanol–water partition coefficient (Wildman–Crippen LogP) is 7.41. The van der Waals surface area contributed by atoms with Crippen LogP contribution >= 0.6 is 0 Å². The maximum Gasteiger partial charge on any atom is 0.339 e. The number of rotatable bonds is 8. The third-order valence-electron chi connectivity index (χ3n) is 7.16. The van der Waals surface area contributed by atoms with Gasteiger partial charge >= 0.3 is 5.97 Å². The molecule has 0 unspecified atom stereocenters. The van der Waals surface area contributed by atoms with E-state index in [0.717, 1.165) is 69.3 Å². The number of hydrogen-bond acceptors (Lipinski definition) is 5. The fraction of sp³-hybridized carbons (Fsp3) is 0.516. The molecule has 1 atom stereocenters. The summed E-state index contributed by atoms with van der Waals surface area (Å²) < 4.78 is 20.7. The Kier molecular flexibility index (Phi) is 7.74. The van der Waals surface area contributed by atoms with Crippen LogP contribution in [0.2, 0.25) is 25.7 Å². The molecule has 0 saturated heterocycles. The number of ether oxygens (including phenoxy) is 3. The Bertz CT molecular complexity index is 1360. The van der Waals surface area contributed by atoms with Crippen molar-refractivity contribution >= 4 is 30.6 Å². The molecule has 206 valence electrons. The van der Waals surface area contributed by atoms with Crippen LogP contribution in [0.1, 0.15) is 49.3 Å². The molecule has 0 saturated carbocycles. The Balaban J connectivity index is 2.06. The fourth-order valence-corrected chi connectivity index (χ4v) is 6.02. The van der Waals surface area contributed by atoms with Crippen molar-refractivity contribution in [3.8, 4) is 16.9 Å². The van der Waals surface area contributed by atoms with Crippen LogP contribution in [0.15, 0.2) is 24.3 Å². The lowest BCUT2D eigenvalue weighted by molar-refractivity contribution is -0.164. The zero-order valence-electron chi connectivity index (χ0n) is 24.8. The third-order valence-corrected chi connectivity index (χ3v) is 8.86. The largest absolute Gasteiger partial charge is 0.493 e. The lowest BCUT2D eigenvalue weighted by Crippen LogP contribution is -2.29. The van der Waals surface area contributed by atoms with E-state index in [1.165, 1.54) is 12.8 Å². The normalized spacial score (nSPS) is 14.4. The molecule has 38 heavy (non-hydrogen) atoms. The number of carbonyl (C=O) groups is 1. The smallest absolute Gasteiger partial charge is 0.339 e. The first-order valence-corrected chi connectivity index (χ1v) is 17.3. The lowest BCUT2D eigenvalue weighted by Gasteiger charge is -2.31. The van der Waals surface area contributed by atoms with Crippen molar-refractivity contribution in [2.45, 2.75) is 85.5 Å². The minimum Gasteiger partial charge on any atom is -0.493 e. The van der Waals surface area contributed by atoms with E-state index in [1.54, 1.807) is 0 Å². The summed E-state index contributed by atoms with van der Waals surface area (Å²) in [6, 6.07) is 9.67. The SMILES string of the molecule is COC(=O)[C@@H](OC(C)(C)C)c1c(C)c2c3c(cc(C)n3CCN2)c1-c1ccc(C)cc1OCC[Si](C)(C)C. The Labute approximate surface area is 228 Å². The molecule has 0 amide bonds. The number of methoxy groups -OCH3 is 1. The number of aryl methyl sites for hydroxylation is 2. The number of aromatic nitrogens is 1. The molecule has 4 rings (SSSR count). The highest BCUT2D eigenvalue weighted by Crippen LogP contribution is 2.48. The van der Waals surface area contributed by atoms with Crippen LogP contribution in [0, 0.1) is 20.8 Å². The van der Waals surface area contributed by atoms with E-state index >= 15 is 0 Å². The van der Waals surface area contributed by atoms with Gasteiger partial charge in [-0.2, -0.15) is 0 Å². The molecule has 0 aliphatic carbocycles. The fourth-order valence-electron chi connectivity index (χ4n) is 5.31. The lowest BCUT2D eigenvalue weighted by atomic mass is 9.86. The van der Waals surface area contributed by atoms with Gasteiger partial charge in [-0.1, -0.05) is 31.8 Å². The maximum absolute atomic E-state index is 13.4. The van der Waals surface area contributed by atoms with Crippen LogP contribution in [-0.2, 0) is 20.8 Å². The average molecular weight is 537 g/mol. The molecule has 6 nitrogen and oxygen atoms in total. The molecule has 1 aromatic heterocycles. The summed E-state index contributed by atoms with van der Waals surface area (Å²) in [7, 11) is 0.149. The van der Waals surface area contributed by atoms with E-state index in [1.807, 2.05) is 20.8 Å². The van der Waals surface area contributed by atoms with Gasteiger partial charge in [0, 0.05) is 48.9 Å². The molecule has 2 aromatic carbocycles. The maximum atomic E-state index is 13.4. The minimum atomic E-state index is -1.28. The molecule has 1 N–H and O–H groups in total. The second-order valence-electron chi connectivity index (χ2n) is 12.7. The standard InChI is InChI=1S/C31H44N2O4Si/c1-19-11-12-22(24(17-19)36-15-16-38(8,9)10)26-23-18-20(2)33-14-13-32-27(28(23)33)21(3)25(26)29(30(34)35-7)37-31(4,5)6/h11-12,17-18,29,32H,13-16H2,1-10H3/t29-/m0/s1. The second-order valence-corrected chi connectivity index (χ2v) is 18.3. The van der Waals surface area contributed by atoms with Crippen LogP contribution in [-0.4, -0.2) is 44.5 Å². The number of carbonyl (C=O) groups excluding carboxylic acids is 1. The van der Waals surface area contributed by atoms with E-state index in [2.05, 4.69) is 74.6 Å². The van der Waals surface area contributed by atoms with Gasteiger partial charge in [-0.3, -0.25) is 0 Å². The monoisotopic (exact) mass is 536 g/mol. The number of anilines is 1. The molecule has 0 spiro atoms. The number of nitrogens with one attached hydrogen (secondary N) is 1. The van der Waals surface area contributed by atoms with E-state index in [0.29, 0.717) is 6.61 Å². The van der Waals surface area contributed by atoms with Gasteiger partial charge in [-0.15, -0.1) is 0 Å². The van der Waals surface area contributed by atoms with Gasteiger partial charge in [0.15, 0.2) is 6.10 Å². The summed E-state index contributed by atoms with van der Waals surface area (Å²) in [5.41, 5.74) is 7.78. The highest BCUT2D eigenvalue weighted by Gasteiger charge is 2.36. The van der Waals surface area contributed by atoms with Crippen LogP contribution in [0.5, 0.6) is 5.75 Å². The summed E-state index contributed by atoms with van der Waals surface area (Å²) in [4.78, 5) is 13.4. The van der Waals surface area contributed by atoms with Crippen molar-refractivity contribution in [3.63, 3.8) is 0 Å². The summed E-state index contributed by atoms with van der Waals surface area (Å²) in [6.45, 7) is 21.7. The highest BCUT2D eigenvalue weighted by molar-refractivity contribution is 6.76. The van der Waals surface area contributed by atoms with E-state index in [-0.39, 0.29) is 0 Å². The molecule has 1 aliphatic heterocycles. The van der Waals surface area contributed by atoms with Crippen molar-refractivity contribution in [1.29, 1.82) is 0 Å². The third kappa shape index (κ3) is 5.64. The molecular formula is C31H44N2O4Si. The molecule has 3 aromatic rings. The zero-order valence-corrected chi connectivity index (χ0v) is 25.8. The van der Waals surface area contributed by atoms with Crippen LogP contribution in [0.4, 0.5) is 5.69 Å². The quantitative estimate of drug-likeness (QED) is 0.240. The van der Waals surface area contributed by atoms with Crippen LogP contribution in [0.25, 0.3) is 22.0 Å². The van der Waals surface area contributed by atoms with Crippen molar-refractivity contribution in [3.05, 3.63) is 46.6 Å². The van der Waals surface area contributed by atoms with Crippen molar-refractivity contribution in [2.24, 2.45) is 0 Å². The first-order valence-electron chi connectivity index (χ1n) is 13.6. The molecular weight excluding hydrogens is 492 g/mol. The Morgan fingerprint density at radius 2 is 1.84 bits per heavy atom. The summed E-state index contributed by atoms with van der Waals surface area (Å²) in [5.74, 6) is 0.434. The van der Waals surface area contributed by atoms with Gasteiger partial charge in [0.25, 0.3) is 0 Å². The zero-order chi connectivity index (χ0) is 28.0. The Hall–Kier alpha value is -2.77. The van der Waals surface area contributed by atoms with Gasteiger partial charge < -0.3 is 24.1 Å². The van der Waals surface area contributed by atoms with Gasteiger partial charge in [0.1, 0.15) is 5.75 Å². The first-order chi connectivity index (χ1) is 17.7. The second kappa shape index (κ2) is 10.4. The number of nitrogens with zero attached hydrogens (tertiary/aromatic N) is 1. The predicted molar refractivity (Wildman–Crippen MR) is 159 cm³/mol. The number of esters is 1. The highest BCUT2D eigenvalue weighted by atomic mass is 28.3. The molecule has 2 heterocycles. The Morgan fingerprint density at radius 3 is 2.47 bits per heavy atom. The van der Waals surface area contributed by atoms with Crippen molar-refractivity contribution < 1.29 is 19.0 Å². The molecule has 0 fully saturated rings. The van der Waals surface area contributed by atoms with Gasteiger partial charge in [0.2, 0.25) is 0 Å². The van der Waals surface area contributed by atoms with Crippen molar-refractivity contribution in [2.75, 3.05) is 25.6 Å². The topological polar surface area (TPSA) is 61.7 Å². The van der Waals surface area contributed by atoms with Gasteiger partial charge in [-0.05, 0) is 70.8 Å². The minimum absolute atomic E-state index is 0.406. The van der Waals surface area contributed by atoms with Crippen LogP contribution in [0.3, 0.4) is 0 Å². The van der Waals surface area contributed by atoms with Gasteiger partial charge in [0.05, 0.1) is 30.5 Å². The molecule has 1 aliphatic rings. The summed E-state index contributed by atoms with van der Waals surface area (Å²) in [5, 5.41) is 4.71. The molecule has 0 bridgehead atoms. The Morgan fingerprint density at radius 1 is 1.13 bits per heavy atom. The van der Waals surface area contributed by atoms with E-state index in [4.69, 9.17) is 14.2 Å². The number of hydrogen-bond donors (Lipinski definition) is 1. The average Bonchev–Trinajstić information content (AvgIpc) is 3.15. The summed E-state index contributed by atoms with van der Waals surface area (Å²) in [6.07, 6.45) is -0.890. The van der Waals surface area contributed by atoms with Gasteiger partial charge in [-0.25, -0.2) is 4.79 Å². The molecule has 0 radical (unpaired) electrons. The van der Waals surface area contributed by atoms with Crippen LogP contribution < -0.4 is 10.1 Å². The molecule has 7 heteroatoms. The van der Waals surface area contributed by atoms with E-state index < -0.39 is 25.7 Å². The number of benzene rings is 2. The summed E-state index contributed by atoms with van der Waals surface area (Å²) >= 11 is 0. The van der Waals surface area contributed by atoms with E-state index in [9.17, 15) is 4.79 Å². The first kappa shape index (κ1) is 28.2. The van der Waals surface area contributed by atoms with Crippen molar-refractivity contribution in [1.82, 2.24) is 4.57 Å².